The van der Waals surface area contributed by atoms with E-state index in [0.29, 0.717) is 43.7 Å². The van der Waals surface area contributed by atoms with Gasteiger partial charge in [0.1, 0.15) is 12.4 Å². The number of hydrogen-bond acceptors (Lipinski definition) is 5. The van der Waals surface area contributed by atoms with Crippen molar-refractivity contribution in [3.8, 4) is 5.75 Å². The van der Waals surface area contributed by atoms with Gasteiger partial charge in [-0.3, -0.25) is 14.4 Å². The number of rotatable bonds is 7. The molecule has 2 aliphatic heterocycles. The first-order valence-electron chi connectivity index (χ1n) is 14.1. The molecule has 2 aromatic carbocycles. The Morgan fingerprint density at radius 1 is 1.12 bits per heavy atom. The number of aromatic nitrogens is 2. The van der Waals surface area contributed by atoms with Crippen LogP contribution in [0.2, 0.25) is 0 Å². The molecule has 3 heterocycles. The number of ether oxygens (including phenoxy) is 1. The van der Waals surface area contributed by atoms with Crippen LogP contribution in [0.3, 0.4) is 0 Å². The van der Waals surface area contributed by atoms with Crippen LogP contribution in [-0.4, -0.2) is 55.3 Å². The molecule has 10 heteroatoms. The fourth-order valence-electron chi connectivity index (χ4n) is 6.66. The molecule has 1 fully saturated rings. The molecular weight excluding hydrogens is 588 g/mol. The number of hydrogen-bond donors (Lipinski definition) is 1. The van der Waals surface area contributed by atoms with Crippen LogP contribution in [0, 0.1) is 11.8 Å². The lowest BCUT2D eigenvalue weighted by molar-refractivity contribution is -0.153. The summed E-state index contributed by atoms with van der Waals surface area (Å²) < 4.78 is 9.13. The molecule has 0 radical (unpaired) electrons. The molecule has 41 heavy (non-hydrogen) atoms. The minimum absolute atomic E-state index is 0.0628. The van der Waals surface area contributed by atoms with Gasteiger partial charge in [0.05, 0.1) is 29.9 Å². The predicted octanol–water partition coefficient (Wildman–Crippen LogP) is 4.73. The Balaban J connectivity index is 1.38. The highest BCUT2D eigenvalue weighted by atomic mass is 79.9. The van der Waals surface area contributed by atoms with Crippen molar-refractivity contribution in [3.63, 3.8) is 0 Å². The van der Waals surface area contributed by atoms with E-state index in [0.717, 1.165) is 39.7 Å². The second-order valence-corrected chi connectivity index (χ2v) is 12.1. The maximum Gasteiger partial charge on any atom is 0.307 e. The molecule has 3 atom stereocenters. The Kier molecular flexibility index (Phi) is 7.59. The average molecular weight is 622 g/mol. The first kappa shape index (κ1) is 27.5. The van der Waals surface area contributed by atoms with Gasteiger partial charge in [-0.1, -0.05) is 47.0 Å². The molecule has 3 aromatic rings. The number of aryl methyl sites for hydroxylation is 1. The summed E-state index contributed by atoms with van der Waals surface area (Å²) in [6.07, 6.45) is 6.92. The second-order valence-electron chi connectivity index (χ2n) is 11.2. The van der Waals surface area contributed by atoms with E-state index >= 15 is 0 Å². The summed E-state index contributed by atoms with van der Waals surface area (Å²) in [5.41, 5.74) is 4.33. The van der Waals surface area contributed by atoms with Crippen LogP contribution in [0.25, 0.3) is 0 Å². The highest BCUT2D eigenvalue weighted by Gasteiger charge is 2.44. The summed E-state index contributed by atoms with van der Waals surface area (Å²) in [6.45, 7) is 1.44. The molecule has 0 spiro atoms. The number of aliphatic carboxylic acids is 1. The first-order valence-corrected chi connectivity index (χ1v) is 14.9. The van der Waals surface area contributed by atoms with Crippen molar-refractivity contribution in [2.24, 2.45) is 18.9 Å². The van der Waals surface area contributed by atoms with Crippen LogP contribution in [0.4, 0.5) is 0 Å². The smallest absolute Gasteiger partial charge is 0.307 e. The maximum atomic E-state index is 14.2. The third-order valence-corrected chi connectivity index (χ3v) is 9.42. The number of carbonyl (C=O) groups excluding carboxylic acids is 2. The fourth-order valence-corrected chi connectivity index (χ4v) is 7.20. The van der Waals surface area contributed by atoms with Gasteiger partial charge in [0.2, 0.25) is 5.91 Å². The van der Waals surface area contributed by atoms with E-state index in [-0.39, 0.29) is 25.0 Å². The number of nitrogens with zero attached hydrogens (tertiary/aromatic N) is 4. The van der Waals surface area contributed by atoms with Crippen LogP contribution >= 0.6 is 15.9 Å². The van der Waals surface area contributed by atoms with Crippen molar-refractivity contribution in [3.05, 3.63) is 81.3 Å². The van der Waals surface area contributed by atoms with Crippen molar-refractivity contribution in [2.45, 2.75) is 51.3 Å². The average Bonchev–Trinajstić information content (AvgIpc) is 3.54. The van der Waals surface area contributed by atoms with Gasteiger partial charge in [-0.15, -0.1) is 0 Å². The first-order chi connectivity index (χ1) is 19.8. The zero-order valence-electron chi connectivity index (χ0n) is 23.0. The van der Waals surface area contributed by atoms with Gasteiger partial charge in [0.25, 0.3) is 5.91 Å². The van der Waals surface area contributed by atoms with Gasteiger partial charge in [0, 0.05) is 48.5 Å². The molecule has 1 aromatic heterocycles. The van der Waals surface area contributed by atoms with Crippen molar-refractivity contribution >= 4 is 33.7 Å². The largest absolute Gasteiger partial charge is 0.487 e. The van der Waals surface area contributed by atoms with E-state index < -0.39 is 23.8 Å². The van der Waals surface area contributed by atoms with Gasteiger partial charge in [0.15, 0.2) is 0 Å². The number of carboxylic acid groups (broad SMARTS) is 1. The third kappa shape index (κ3) is 5.25. The lowest BCUT2D eigenvalue weighted by Crippen LogP contribution is -2.50. The number of carboxylic acids is 1. The summed E-state index contributed by atoms with van der Waals surface area (Å²) >= 11 is 3.72. The van der Waals surface area contributed by atoms with E-state index in [4.69, 9.17) is 4.74 Å². The number of halogens is 1. The third-order valence-electron chi connectivity index (χ3n) is 8.68. The molecule has 2 amide bonds. The van der Waals surface area contributed by atoms with E-state index in [1.165, 1.54) is 0 Å². The van der Waals surface area contributed by atoms with Crippen LogP contribution in [0.5, 0.6) is 5.75 Å². The van der Waals surface area contributed by atoms with Gasteiger partial charge in [-0.05, 0) is 48.6 Å². The molecule has 0 bridgehead atoms. The summed E-state index contributed by atoms with van der Waals surface area (Å²) in [7, 11) is 1.90. The maximum absolute atomic E-state index is 14.2. The second kappa shape index (κ2) is 11.3. The van der Waals surface area contributed by atoms with Crippen molar-refractivity contribution in [2.75, 3.05) is 13.1 Å². The fraction of sp³-hybridized carbons (Fsp3) is 0.419. The summed E-state index contributed by atoms with van der Waals surface area (Å²) in [5, 5.41) is 9.95. The minimum Gasteiger partial charge on any atom is -0.487 e. The Labute approximate surface area is 247 Å². The zero-order chi connectivity index (χ0) is 28.7. The molecule has 1 N–H and O–H groups in total. The van der Waals surface area contributed by atoms with Gasteiger partial charge >= 0.3 is 5.97 Å². The molecule has 6 rings (SSSR count). The molecule has 1 aliphatic carbocycles. The Morgan fingerprint density at radius 2 is 1.90 bits per heavy atom. The normalized spacial score (nSPS) is 21.9. The molecule has 9 nitrogen and oxygen atoms in total. The lowest BCUT2D eigenvalue weighted by Gasteiger charge is -2.43. The quantitative estimate of drug-likeness (QED) is 0.409. The molecule has 1 saturated carbocycles. The molecule has 214 valence electrons. The topological polar surface area (TPSA) is 105 Å². The van der Waals surface area contributed by atoms with Gasteiger partial charge in [-0.25, -0.2) is 4.98 Å². The van der Waals surface area contributed by atoms with Crippen LogP contribution in [0.1, 0.15) is 64.5 Å². The Bertz CT molecular complexity index is 1500. The van der Waals surface area contributed by atoms with E-state index in [2.05, 4.69) is 20.9 Å². The number of amides is 2. The van der Waals surface area contributed by atoms with E-state index in [1.807, 2.05) is 59.1 Å². The predicted molar refractivity (Wildman–Crippen MR) is 154 cm³/mol. The van der Waals surface area contributed by atoms with Crippen molar-refractivity contribution in [1.29, 1.82) is 0 Å². The lowest BCUT2D eigenvalue weighted by atomic mass is 9.77. The molecule has 0 saturated heterocycles. The highest BCUT2D eigenvalue weighted by Crippen LogP contribution is 2.43. The summed E-state index contributed by atoms with van der Waals surface area (Å²) in [6, 6.07) is 11.0. The molecule has 0 unspecified atom stereocenters. The number of carbonyl (C=O) groups is 3. The number of imidazole rings is 1. The number of fused-ring (bicyclic) bond motifs is 2. The minimum atomic E-state index is -0.913. The van der Waals surface area contributed by atoms with Gasteiger partial charge in [-0.2, -0.15) is 0 Å². The summed E-state index contributed by atoms with van der Waals surface area (Å²) in [4.78, 5) is 47.8. The Hall–Kier alpha value is -3.66. The SMILES string of the molecule is Cn1cnc(COc2ccc(Br)c3c2[C@@H](CN2Cc4ccccc4C2=O)N(C(=O)[C@@H]2CCCC[C@@H]2C(=O)O)CC3)c1. The van der Waals surface area contributed by atoms with Crippen LogP contribution < -0.4 is 4.74 Å². The monoisotopic (exact) mass is 620 g/mol. The van der Waals surface area contributed by atoms with E-state index in [9.17, 15) is 19.5 Å². The number of benzene rings is 2. The van der Waals surface area contributed by atoms with Gasteiger partial charge < -0.3 is 24.2 Å². The van der Waals surface area contributed by atoms with Crippen LogP contribution in [0.15, 0.2) is 53.4 Å². The van der Waals surface area contributed by atoms with E-state index in [1.54, 1.807) is 11.2 Å². The van der Waals surface area contributed by atoms with Crippen molar-refractivity contribution < 1.29 is 24.2 Å². The van der Waals surface area contributed by atoms with Crippen molar-refractivity contribution in [1.82, 2.24) is 19.4 Å². The summed E-state index contributed by atoms with van der Waals surface area (Å²) in [5.74, 6) is -1.76. The zero-order valence-corrected chi connectivity index (χ0v) is 24.5. The highest BCUT2D eigenvalue weighted by molar-refractivity contribution is 9.10. The van der Waals surface area contributed by atoms with Crippen LogP contribution in [-0.2, 0) is 36.2 Å². The molecular formula is C31H33BrN4O5. The molecule has 3 aliphatic rings. The Morgan fingerprint density at radius 3 is 2.63 bits per heavy atom. The standard InChI is InChI=1S/C31H33BrN4O5/c1-34-15-20(33-18-34)17-41-27-11-10-25(32)24-12-13-36(30(38)22-8-4-5-9-23(22)31(39)40)26(28(24)27)16-35-14-19-6-2-3-7-21(19)29(35)37/h2-3,6-7,10-11,15,18,22-23,26H,4-5,8-9,12-14,16-17H2,1H3,(H,39,40)/t22-,23+,26-/m1/s1.